The lowest BCUT2D eigenvalue weighted by atomic mass is 10.0. The second kappa shape index (κ2) is 8.57. The lowest BCUT2D eigenvalue weighted by Crippen LogP contribution is -1.99. The molecule has 0 unspecified atom stereocenters. The summed E-state index contributed by atoms with van der Waals surface area (Å²) in [6.45, 7) is 2.20. The maximum atomic E-state index is 11.9. The van der Waals surface area contributed by atoms with Crippen molar-refractivity contribution in [1.29, 1.82) is 0 Å². The summed E-state index contributed by atoms with van der Waals surface area (Å²) in [6, 6.07) is 4.12. The van der Waals surface area contributed by atoms with Crippen molar-refractivity contribution in [2.24, 2.45) is 0 Å². The summed E-state index contributed by atoms with van der Waals surface area (Å²) in [5.41, 5.74) is 0.309. The maximum absolute atomic E-state index is 11.9. The van der Waals surface area contributed by atoms with E-state index >= 15 is 0 Å². The van der Waals surface area contributed by atoms with Gasteiger partial charge in [-0.15, -0.1) is 0 Å². The fourth-order valence-corrected chi connectivity index (χ4v) is 2.13. The first-order valence-electron chi connectivity index (χ1n) is 7.20. The van der Waals surface area contributed by atoms with Crippen molar-refractivity contribution in [3.8, 4) is 11.5 Å². The average Bonchev–Trinajstić information content (AvgIpc) is 2.37. The topological polar surface area (TPSA) is 57.5 Å². The zero-order chi connectivity index (χ0) is 14.1. The van der Waals surface area contributed by atoms with Crippen molar-refractivity contribution in [2.45, 2.75) is 58.3 Å². The molecule has 2 N–H and O–H groups in total. The SMILES string of the molecule is CCCCCCCCCC(=O)c1ccc(O)cc1O. The smallest absolute Gasteiger partial charge is 0.166 e. The summed E-state index contributed by atoms with van der Waals surface area (Å²) < 4.78 is 0. The highest BCUT2D eigenvalue weighted by Crippen LogP contribution is 2.24. The number of phenolic OH excluding ortho intramolecular Hbond substituents is 2. The van der Waals surface area contributed by atoms with Crippen LogP contribution in [0.5, 0.6) is 11.5 Å². The van der Waals surface area contributed by atoms with Crippen LogP contribution in [0.15, 0.2) is 18.2 Å². The summed E-state index contributed by atoms with van der Waals surface area (Å²) in [4.78, 5) is 11.9. The Kier molecular flexibility index (Phi) is 7.01. The number of phenols is 2. The van der Waals surface area contributed by atoms with E-state index in [9.17, 15) is 9.90 Å². The molecular formula is C16H24O3. The molecule has 0 bridgehead atoms. The van der Waals surface area contributed by atoms with Crippen LogP contribution in [-0.2, 0) is 0 Å². The highest BCUT2D eigenvalue weighted by Gasteiger charge is 2.10. The van der Waals surface area contributed by atoms with Gasteiger partial charge >= 0.3 is 0 Å². The zero-order valence-electron chi connectivity index (χ0n) is 11.7. The van der Waals surface area contributed by atoms with Gasteiger partial charge in [0, 0.05) is 12.5 Å². The van der Waals surface area contributed by atoms with Crippen molar-refractivity contribution in [2.75, 3.05) is 0 Å². The molecule has 0 spiro atoms. The van der Waals surface area contributed by atoms with Crippen molar-refractivity contribution < 1.29 is 15.0 Å². The highest BCUT2D eigenvalue weighted by atomic mass is 16.3. The van der Waals surface area contributed by atoms with Crippen molar-refractivity contribution in [3.05, 3.63) is 23.8 Å². The fraction of sp³-hybridized carbons (Fsp3) is 0.562. The van der Waals surface area contributed by atoms with Gasteiger partial charge < -0.3 is 10.2 Å². The summed E-state index contributed by atoms with van der Waals surface area (Å²) in [5.74, 6) is -0.205. The number of hydrogen-bond acceptors (Lipinski definition) is 3. The van der Waals surface area contributed by atoms with E-state index in [1.54, 1.807) is 0 Å². The molecule has 0 aliphatic rings. The van der Waals surface area contributed by atoms with Gasteiger partial charge in [-0.2, -0.15) is 0 Å². The molecule has 0 radical (unpaired) electrons. The Bertz CT molecular complexity index is 399. The van der Waals surface area contributed by atoms with Crippen LogP contribution in [0.1, 0.15) is 68.6 Å². The van der Waals surface area contributed by atoms with Crippen molar-refractivity contribution in [1.82, 2.24) is 0 Å². The third-order valence-corrected chi connectivity index (χ3v) is 3.29. The minimum atomic E-state index is -0.132. The Morgan fingerprint density at radius 3 is 2.26 bits per heavy atom. The Labute approximate surface area is 115 Å². The van der Waals surface area contributed by atoms with Crippen LogP contribution >= 0.6 is 0 Å². The molecule has 0 aliphatic carbocycles. The van der Waals surface area contributed by atoms with E-state index in [0.717, 1.165) is 12.8 Å². The quantitative estimate of drug-likeness (QED) is 0.512. The molecule has 1 rings (SSSR count). The second-order valence-corrected chi connectivity index (χ2v) is 5.00. The van der Waals surface area contributed by atoms with Crippen LogP contribution in [0.3, 0.4) is 0 Å². The largest absolute Gasteiger partial charge is 0.508 e. The Balaban J connectivity index is 2.24. The second-order valence-electron chi connectivity index (χ2n) is 5.00. The normalized spacial score (nSPS) is 10.6. The first-order valence-corrected chi connectivity index (χ1v) is 7.20. The molecule has 1 aromatic carbocycles. The van der Waals surface area contributed by atoms with Crippen molar-refractivity contribution in [3.63, 3.8) is 0 Å². The summed E-state index contributed by atoms with van der Waals surface area (Å²) in [7, 11) is 0. The predicted octanol–water partition coefficient (Wildman–Crippen LogP) is 4.42. The van der Waals surface area contributed by atoms with Crippen LogP contribution in [0, 0.1) is 0 Å². The number of carbonyl (C=O) groups is 1. The average molecular weight is 264 g/mol. The number of rotatable bonds is 9. The minimum absolute atomic E-state index is 0.0232. The van der Waals surface area contributed by atoms with E-state index in [0.29, 0.717) is 12.0 Å². The molecule has 1 aromatic rings. The molecule has 0 aromatic heterocycles. The number of benzene rings is 1. The number of ketones is 1. The van der Waals surface area contributed by atoms with E-state index in [4.69, 9.17) is 5.11 Å². The maximum Gasteiger partial charge on any atom is 0.166 e. The van der Waals surface area contributed by atoms with E-state index in [1.807, 2.05) is 0 Å². The van der Waals surface area contributed by atoms with Gasteiger partial charge in [0.05, 0.1) is 5.56 Å². The monoisotopic (exact) mass is 264 g/mol. The van der Waals surface area contributed by atoms with Crippen molar-refractivity contribution >= 4 is 5.78 Å². The van der Waals surface area contributed by atoms with Crippen LogP contribution in [0.4, 0.5) is 0 Å². The van der Waals surface area contributed by atoms with Gasteiger partial charge in [0.15, 0.2) is 5.78 Å². The number of hydrogen-bond donors (Lipinski definition) is 2. The molecule has 0 heterocycles. The van der Waals surface area contributed by atoms with Gasteiger partial charge in [0.25, 0.3) is 0 Å². The summed E-state index contributed by atoms with van der Waals surface area (Å²) in [6.07, 6.45) is 8.63. The first kappa shape index (κ1) is 15.5. The third-order valence-electron chi connectivity index (χ3n) is 3.29. The number of aromatic hydroxyl groups is 2. The van der Waals surface area contributed by atoms with Gasteiger partial charge in [-0.05, 0) is 18.6 Å². The van der Waals surface area contributed by atoms with Gasteiger partial charge in [-0.1, -0.05) is 45.4 Å². The zero-order valence-corrected chi connectivity index (χ0v) is 11.7. The Morgan fingerprint density at radius 2 is 1.63 bits per heavy atom. The van der Waals surface area contributed by atoms with Gasteiger partial charge in [0.1, 0.15) is 11.5 Å². The van der Waals surface area contributed by atoms with E-state index < -0.39 is 0 Å². The van der Waals surface area contributed by atoms with Crippen LogP contribution in [-0.4, -0.2) is 16.0 Å². The molecule has 3 heteroatoms. The molecule has 19 heavy (non-hydrogen) atoms. The van der Waals surface area contributed by atoms with Gasteiger partial charge in [-0.25, -0.2) is 0 Å². The molecule has 0 atom stereocenters. The van der Waals surface area contributed by atoms with E-state index in [1.165, 1.54) is 50.3 Å². The Hall–Kier alpha value is -1.51. The molecule has 0 amide bonds. The number of carbonyl (C=O) groups excluding carboxylic acids is 1. The highest BCUT2D eigenvalue weighted by molar-refractivity contribution is 5.98. The molecule has 3 nitrogen and oxygen atoms in total. The molecule has 0 aliphatic heterocycles. The Morgan fingerprint density at radius 1 is 1.00 bits per heavy atom. The summed E-state index contributed by atoms with van der Waals surface area (Å²) >= 11 is 0. The number of unbranched alkanes of at least 4 members (excludes halogenated alkanes) is 6. The van der Waals surface area contributed by atoms with Gasteiger partial charge in [-0.3, -0.25) is 4.79 Å². The molecular weight excluding hydrogens is 240 g/mol. The van der Waals surface area contributed by atoms with Crippen LogP contribution < -0.4 is 0 Å². The third kappa shape index (κ3) is 5.77. The van der Waals surface area contributed by atoms with E-state index in [2.05, 4.69) is 6.92 Å². The fourth-order valence-electron chi connectivity index (χ4n) is 2.13. The molecule has 0 saturated heterocycles. The number of Topliss-reactive ketones (excluding diaryl/α,β-unsaturated/α-hetero) is 1. The lowest BCUT2D eigenvalue weighted by molar-refractivity contribution is 0.0976. The molecule has 106 valence electrons. The van der Waals surface area contributed by atoms with E-state index in [-0.39, 0.29) is 17.3 Å². The van der Waals surface area contributed by atoms with Crippen LogP contribution in [0.2, 0.25) is 0 Å². The lowest BCUT2D eigenvalue weighted by Gasteiger charge is -2.04. The van der Waals surface area contributed by atoms with Gasteiger partial charge in [0.2, 0.25) is 0 Å². The van der Waals surface area contributed by atoms with Crippen LogP contribution in [0.25, 0.3) is 0 Å². The molecule has 0 saturated carbocycles. The molecule has 0 fully saturated rings. The summed E-state index contributed by atoms with van der Waals surface area (Å²) in [5, 5.41) is 18.7. The predicted molar refractivity (Wildman–Crippen MR) is 76.7 cm³/mol. The minimum Gasteiger partial charge on any atom is -0.508 e. The standard InChI is InChI=1S/C16H24O3/c1-2-3-4-5-6-7-8-9-15(18)14-11-10-13(17)12-16(14)19/h10-12,17,19H,2-9H2,1H3. The first-order chi connectivity index (χ1) is 9.15.